The van der Waals surface area contributed by atoms with Crippen LogP contribution in [0.1, 0.15) is 0 Å². The second-order valence-electron chi connectivity index (χ2n) is 2.68. The van der Waals surface area contributed by atoms with Crippen LogP contribution < -0.4 is 5.73 Å². The molecule has 2 aromatic heterocycles. The SMILES string of the molecule is Nc1cc(-c2cnccn2)c(Cl)cn1. The summed E-state index contributed by atoms with van der Waals surface area (Å²) in [6.07, 6.45) is 6.33. The summed E-state index contributed by atoms with van der Waals surface area (Å²) in [4.78, 5) is 11.9. The third-order valence-electron chi connectivity index (χ3n) is 1.72. The predicted octanol–water partition coefficient (Wildman–Crippen LogP) is 1.77. The highest BCUT2D eigenvalue weighted by Crippen LogP contribution is 2.25. The van der Waals surface area contributed by atoms with Crippen molar-refractivity contribution in [3.63, 3.8) is 0 Å². The maximum Gasteiger partial charge on any atom is 0.124 e. The van der Waals surface area contributed by atoms with Crippen molar-refractivity contribution < 1.29 is 0 Å². The summed E-state index contributed by atoms with van der Waals surface area (Å²) in [6.45, 7) is 0. The lowest BCUT2D eigenvalue weighted by atomic mass is 10.2. The molecule has 0 atom stereocenters. The highest BCUT2D eigenvalue weighted by Gasteiger charge is 2.05. The number of anilines is 1. The van der Waals surface area contributed by atoms with Gasteiger partial charge in [-0.05, 0) is 6.07 Å². The van der Waals surface area contributed by atoms with Gasteiger partial charge in [0, 0.05) is 24.2 Å². The van der Waals surface area contributed by atoms with Gasteiger partial charge in [-0.2, -0.15) is 0 Å². The molecule has 0 saturated heterocycles. The smallest absolute Gasteiger partial charge is 0.124 e. The van der Waals surface area contributed by atoms with Gasteiger partial charge in [0.1, 0.15) is 5.82 Å². The van der Waals surface area contributed by atoms with Crippen molar-refractivity contribution in [1.29, 1.82) is 0 Å². The van der Waals surface area contributed by atoms with Crippen molar-refractivity contribution >= 4 is 17.4 Å². The zero-order valence-electron chi connectivity index (χ0n) is 7.18. The molecule has 5 heteroatoms. The fourth-order valence-corrected chi connectivity index (χ4v) is 1.29. The maximum absolute atomic E-state index is 5.94. The van der Waals surface area contributed by atoms with Crippen molar-refractivity contribution in [3.05, 3.63) is 35.9 Å². The molecule has 0 amide bonds. The lowest BCUT2D eigenvalue weighted by Gasteiger charge is -2.02. The number of nitrogens with zero attached hydrogens (tertiary/aromatic N) is 3. The number of rotatable bonds is 1. The van der Waals surface area contributed by atoms with Gasteiger partial charge in [-0.1, -0.05) is 11.6 Å². The van der Waals surface area contributed by atoms with E-state index in [4.69, 9.17) is 17.3 Å². The summed E-state index contributed by atoms with van der Waals surface area (Å²) in [5.41, 5.74) is 6.98. The number of nitrogen functional groups attached to an aromatic ring is 1. The Hall–Kier alpha value is -1.68. The Kier molecular flexibility index (Phi) is 2.28. The Balaban J connectivity index is 2.57. The average molecular weight is 207 g/mol. The lowest BCUT2D eigenvalue weighted by Crippen LogP contribution is -1.92. The largest absolute Gasteiger partial charge is 0.384 e. The third-order valence-corrected chi connectivity index (χ3v) is 2.02. The van der Waals surface area contributed by atoms with Crippen LogP contribution in [-0.2, 0) is 0 Å². The van der Waals surface area contributed by atoms with Crippen LogP contribution >= 0.6 is 11.6 Å². The molecule has 0 spiro atoms. The van der Waals surface area contributed by atoms with Crippen molar-refractivity contribution in [2.45, 2.75) is 0 Å². The van der Waals surface area contributed by atoms with Gasteiger partial charge < -0.3 is 5.73 Å². The fourth-order valence-electron chi connectivity index (χ4n) is 1.09. The minimum atomic E-state index is 0.412. The number of hydrogen-bond acceptors (Lipinski definition) is 4. The molecule has 0 aliphatic heterocycles. The zero-order valence-corrected chi connectivity index (χ0v) is 7.94. The van der Waals surface area contributed by atoms with Gasteiger partial charge in [0.15, 0.2) is 0 Å². The summed E-state index contributed by atoms with van der Waals surface area (Å²) in [5, 5.41) is 0.514. The van der Waals surface area contributed by atoms with E-state index in [0.717, 1.165) is 5.56 Å². The highest BCUT2D eigenvalue weighted by atomic mass is 35.5. The molecule has 70 valence electrons. The molecule has 0 aromatic carbocycles. The second-order valence-corrected chi connectivity index (χ2v) is 3.09. The number of halogens is 1. The molecule has 0 aliphatic carbocycles. The minimum absolute atomic E-state index is 0.412. The molecule has 0 unspecified atom stereocenters. The molecule has 0 aliphatic rings. The van der Waals surface area contributed by atoms with Gasteiger partial charge in [-0.15, -0.1) is 0 Å². The molecule has 14 heavy (non-hydrogen) atoms. The molecule has 0 fully saturated rings. The van der Waals surface area contributed by atoms with Gasteiger partial charge in [0.05, 0.1) is 16.9 Å². The van der Waals surface area contributed by atoms with Crippen LogP contribution in [0.2, 0.25) is 5.02 Å². The monoisotopic (exact) mass is 206 g/mol. The van der Waals surface area contributed by atoms with E-state index in [0.29, 0.717) is 16.5 Å². The maximum atomic E-state index is 5.94. The van der Waals surface area contributed by atoms with Crippen molar-refractivity contribution in [2.75, 3.05) is 5.73 Å². The first-order valence-corrected chi connectivity index (χ1v) is 4.32. The van der Waals surface area contributed by atoms with Crippen LogP contribution in [0.25, 0.3) is 11.3 Å². The van der Waals surface area contributed by atoms with E-state index >= 15 is 0 Å². The van der Waals surface area contributed by atoms with Crippen LogP contribution in [0.3, 0.4) is 0 Å². The van der Waals surface area contributed by atoms with Crippen molar-refractivity contribution in [1.82, 2.24) is 15.0 Å². The summed E-state index contributed by atoms with van der Waals surface area (Å²) in [6, 6.07) is 1.67. The van der Waals surface area contributed by atoms with Gasteiger partial charge in [0.25, 0.3) is 0 Å². The van der Waals surface area contributed by atoms with Crippen molar-refractivity contribution in [3.8, 4) is 11.3 Å². The fraction of sp³-hybridized carbons (Fsp3) is 0. The van der Waals surface area contributed by atoms with E-state index in [1.807, 2.05) is 0 Å². The van der Waals surface area contributed by atoms with Gasteiger partial charge in [0.2, 0.25) is 0 Å². The second kappa shape index (κ2) is 3.59. The molecule has 2 N–H and O–H groups in total. The van der Waals surface area contributed by atoms with Crippen LogP contribution in [0.5, 0.6) is 0 Å². The number of aromatic nitrogens is 3. The van der Waals surface area contributed by atoms with Gasteiger partial charge >= 0.3 is 0 Å². The topological polar surface area (TPSA) is 64.7 Å². The van der Waals surface area contributed by atoms with E-state index in [1.54, 1.807) is 24.7 Å². The van der Waals surface area contributed by atoms with E-state index in [9.17, 15) is 0 Å². The summed E-state index contributed by atoms with van der Waals surface area (Å²) in [5.74, 6) is 0.412. The average Bonchev–Trinajstić information content (AvgIpc) is 2.23. The predicted molar refractivity (Wildman–Crippen MR) is 54.7 cm³/mol. The molecule has 2 aromatic rings. The van der Waals surface area contributed by atoms with E-state index in [-0.39, 0.29) is 0 Å². The lowest BCUT2D eigenvalue weighted by molar-refractivity contribution is 1.20. The number of pyridine rings is 1. The first kappa shape index (κ1) is 8.90. The Morgan fingerprint density at radius 1 is 1.14 bits per heavy atom. The summed E-state index contributed by atoms with van der Waals surface area (Å²) < 4.78 is 0. The number of hydrogen-bond donors (Lipinski definition) is 1. The molecule has 0 bridgehead atoms. The molecular formula is C9H7ClN4. The first-order chi connectivity index (χ1) is 6.77. The Labute approximate surface area is 85.8 Å². The highest BCUT2D eigenvalue weighted by molar-refractivity contribution is 6.33. The van der Waals surface area contributed by atoms with E-state index < -0.39 is 0 Å². The van der Waals surface area contributed by atoms with Gasteiger partial charge in [-0.3, -0.25) is 9.97 Å². The van der Waals surface area contributed by atoms with Crippen LogP contribution in [0.15, 0.2) is 30.9 Å². The standard InChI is InChI=1S/C9H7ClN4/c10-7-4-14-9(11)3-6(7)8-5-12-1-2-13-8/h1-5H,(H2,11,14). The Morgan fingerprint density at radius 2 is 2.00 bits per heavy atom. The van der Waals surface area contributed by atoms with Crippen LogP contribution in [0.4, 0.5) is 5.82 Å². The molecule has 2 rings (SSSR count). The minimum Gasteiger partial charge on any atom is -0.384 e. The van der Waals surface area contributed by atoms with E-state index in [2.05, 4.69) is 15.0 Å². The molecule has 4 nitrogen and oxygen atoms in total. The first-order valence-electron chi connectivity index (χ1n) is 3.95. The molecule has 0 saturated carbocycles. The number of nitrogens with two attached hydrogens (primary N) is 1. The third kappa shape index (κ3) is 1.65. The van der Waals surface area contributed by atoms with Gasteiger partial charge in [-0.25, -0.2) is 4.98 Å². The molecule has 2 heterocycles. The van der Waals surface area contributed by atoms with Crippen LogP contribution in [0, 0.1) is 0 Å². The summed E-state index contributed by atoms with van der Waals surface area (Å²) in [7, 11) is 0. The van der Waals surface area contributed by atoms with E-state index in [1.165, 1.54) is 6.20 Å². The molecule has 0 radical (unpaired) electrons. The zero-order chi connectivity index (χ0) is 9.97. The van der Waals surface area contributed by atoms with Crippen molar-refractivity contribution in [2.24, 2.45) is 0 Å². The Bertz CT molecular complexity index is 444. The normalized spacial score (nSPS) is 10.1. The van der Waals surface area contributed by atoms with Crippen LogP contribution in [-0.4, -0.2) is 15.0 Å². The summed E-state index contributed by atoms with van der Waals surface area (Å²) >= 11 is 5.94. The quantitative estimate of drug-likeness (QED) is 0.773. The molecular weight excluding hydrogens is 200 g/mol. The Morgan fingerprint density at radius 3 is 2.71 bits per heavy atom.